The highest BCUT2D eigenvalue weighted by Crippen LogP contribution is 2.53. The predicted octanol–water partition coefficient (Wildman–Crippen LogP) is 7.66. The first kappa shape index (κ1) is 23.7. The van der Waals surface area contributed by atoms with Crippen molar-refractivity contribution in [1.29, 1.82) is 0 Å². The van der Waals surface area contributed by atoms with E-state index in [0.717, 1.165) is 0 Å². The lowest BCUT2D eigenvalue weighted by Gasteiger charge is -2.47. The molecule has 3 rings (SSSR count). The van der Waals surface area contributed by atoms with Crippen molar-refractivity contribution in [3.63, 3.8) is 0 Å². The van der Waals surface area contributed by atoms with E-state index in [1.807, 2.05) is 0 Å². The molecule has 0 bridgehead atoms. The third-order valence-electron chi connectivity index (χ3n) is 6.17. The van der Waals surface area contributed by atoms with Crippen LogP contribution in [0.3, 0.4) is 0 Å². The van der Waals surface area contributed by atoms with Crippen LogP contribution in [-0.4, -0.2) is 46.6 Å². The third kappa shape index (κ3) is 5.09. The first-order chi connectivity index (χ1) is 13.1. The molecule has 2 heterocycles. The average Bonchev–Trinajstić information content (AvgIpc) is 2.63. The Labute approximate surface area is 193 Å². The summed E-state index contributed by atoms with van der Waals surface area (Å²) in [4.78, 5) is 0. The topological polar surface area (TPSA) is 0 Å². The Morgan fingerprint density at radius 1 is 0.643 bits per heavy atom. The lowest BCUT2D eigenvalue weighted by molar-refractivity contribution is 0.906. The maximum Gasteiger partial charge on any atom is 0.0756 e. The van der Waals surface area contributed by atoms with Gasteiger partial charge in [0.15, 0.2) is 0 Å². The van der Waals surface area contributed by atoms with Crippen molar-refractivity contribution in [2.75, 3.05) is 23.0 Å². The first-order valence-electron chi connectivity index (χ1n) is 10.7. The van der Waals surface area contributed by atoms with Crippen LogP contribution in [0.25, 0.3) is 0 Å². The first-order valence-corrected chi connectivity index (χ1v) is 21.7. The Morgan fingerprint density at radius 3 is 1.25 bits per heavy atom. The average molecular weight is 487 g/mol. The molecule has 0 radical (unpaired) electrons. The molecule has 28 heavy (non-hydrogen) atoms. The van der Waals surface area contributed by atoms with E-state index in [0.29, 0.717) is 7.40 Å². The standard InChI is InChI=1S/C22H38S4Si2/c1-27(2,3)21(23-13-9-14-24-21)17-19-11-7-8-12-20(19)18-22(28(4,5)6)25-15-10-16-26-22/h7-8,11-12H,9-10,13-18H2,1-6H3. The van der Waals surface area contributed by atoms with Crippen LogP contribution < -0.4 is 0 Å². The van der Waals surface area contributed by atoms with Gasteiger partial charge in [-0.05, 0) is 59.8 Å². The van der Waals surface area contributed by atoms with E-state index in [9.17, 15) is 0 Å². The molecular formula is C22H38S4Si2. The summed E-state index contributed by atoms with van der Waals surface area (Å²) in [6.45, 7) is 15.6. The van der Waals surface area contributed by atoms with E-state index in [4.69, 9.17) is 0 Å². The summed E-state index contributed by atoms with van der Waals surface area (Å²) in [6.07, 6.45) is 5.31. The third-order valence-corrected chi connectivity index (χ3v) is 26.0. The maximum absolute atomic E-state index is 2.59. The molecule has 0 unspecified atom stereocenters. The van der Waals surface area contributed by atoms with Crippen LogP contribution in [0.1, 0.15) is 24.0 Å². The van der Waals surface area contributed by atoms with Crippen LogP contribution in [0.2, 0.25) is 39.3 Å². The summed E-state index contributed by atoms with van der Waals surface area (Å²) in [5.74, 6) is 5.40. The van der Waals surface area contributed by atoms with Gasteiger partial charge in [0.25, 0.3) is 0 Å². The Hall–Kier alpha value is 1.05. The van der Waals surface area contributed by atoms with Crippen molar-refractivity contribution in [3.8, 4) is 0 Å². The number of benzene rings is 1. The maximum atomic E-state index is 2.59. The van der Waals surface area contributed by atoms with Gasteiger partial charge in [-0.15, -0.1) is 47.0 Å². The highest BCUT2D eigenvalue weighted by atomic mass is 32.2. The van der Waals surface area contributed by atoms with Gasteiger partial charge in [0.2, 0.25) is 0 Å². The fourth-order valence-electron chi connectivity index (χ4n) is 4.15. The molecule has 6 heteroatoms. The van der Waals surface area contributed by atoms with Crippen molar-refractivity contribution >= 4 is 63.2 Å². The zero-order chi connectivity index (χ0) is 20.5. The largest absolute Gasteiger partial charge is 0.147 e. The minimum Gasteiger partial charge on any atom is -0.147 e. The lowest BCUT2D eigenvalue weighted by Crippen LogP contribution is -2.51. The minimum absolute atomic E-state index is 0.445. The van der Waals surface area contributed by atoms with Gasteiger partial charge in [-0.25, -0.2) is 0 Å². The highest BCUT2D eigenvalue weighted by Gasteiger charge is 2.48. The van der Waals surface area contributed by atoms with E-state index in [1.165, 1.54) is 48.7 Å². The number of rotatable bonds is 6. The van der Waals surface area contributed by atoms with Crippen molar-refractivity contribution in [3.05, 3.63) is 35.4 Å². The summed E-state index contributed by atoms with van der Waals surface area (Å²) >= 11 is 9.18. The molecule has 2 aliphatic rings. The Kier molecular flexibility index (Phi) is 7.85. The smallest absolute Gasteiger partial charge is 0.0756 e. The molecule has 2 aliphatic heterocycles. The van der Waals surface area contributed by atoms with Crippen LogP contribution in [0.4, 0.5) is 0 Å². The van der Waals surface area contributed by atoms with Crippen molar-refractivity contribution < 1.29 is 0 Å². The summed E-state index contributed by atoms with van der Waals surface area (Å²) in [7, 11) is -2.59. The fraction of sp³-hybridized carbons (Fsp3) is 0.727. The number of thioether (sulfide) groups is 4. The molecule has 1 aromatic rings. The normalized spacial score (nSPS) is 22.8. The summed E-state index contributed by atoms with van der Waals surface area (Å²) in [5, 5.41) is 0. The van der Waals surface area contributed by atoms with E-state index < -0.39 is 16.1 Å². The summed E-state index contributed by atoms with van der Waals surface area (Å²) in [6, 6.07) is 9.50. The molecule has 0 amide bonds. The SMILES string of the molecule is C[Si](C)(C)C1(Cc2ccccc2CC2([Si](C)(C)C)SCCCS2)SCCCS1. The molecule has 0 atom stereocenters. The van der Waals surface area contributed by atoms with Gasteiger partial charge in [-0.3, -0.25) is 0 Å². The van der Waals surface area contributed by atoms with Gasteiger partial charge in [0.05, 0.1) is 23.6 Å². The number of hydrogen-bond acceptors (Lipinski definition) is 4. The van der Waals surface area contributed by atoms with Gasteiger partial charge in [-0.1, -0.05) is 63.5 Å². The molecule has 0 saturated carbocycles. The molecular weight excluding hydrogens is 449 g/mol. The van der Waals surface area contributed by atoms with Gasteiger partial charge in [-0.2, -0.15) is 0 Å². The van der Waals surface area contributed by atoms with Gasteiger partial charge in [0.1, 0.15) is 0 Å². The zero-order valence-corrected chi connectivity index (χ0v) is 23.9. The monoisotopic (exact) mass is 486 g/mol. The predicted molar refractivity (Wildman–Crippen MR) is 145 cm³/mol. The Balaban J connectivity index is 1.92. The molecule has 158 valence electrons. The molecule has 2 fully saturated rings. The van der Waals surface area contributed by atoms with Crippen molar-refractivity contribution in [2.45, 2.75) is 72.4 Å². The summed E-state index contributed by atoms with van der Waals surface area (Å²) in [5.41, 5.74) is 3.30. The van der Waals surface area contributed by atoms with Crippen molar-refractivity contribution in [2.24, 2.45) is 0 Å². The zero-order valence-electron chi connectivity index (χ0n) is 18.6. The molecule has 0 N–H and O–H groups in total. The molecule has 0 aliphatic carbocycles. The minimum atomic E-state index is -1.30. The van der Waals surface area contributed by atoms with Crippen LogP contribution in [0, 0.1) is 0 Å². The van der Waals surface area contributed by atoms with Crippen LogP contribution in [0.5, 0.6) is 0 Å². The van der Waals surface area contributed by atoms with E-state index >= 15 is 0 Å². The van der Waals surface area contributed by atoms with Crippen LogP contribution in [-0.2, 0) is 12.8 Å². The molecule has 0 spiro atoms. The molecule has 0 aromatic heterocycles. The van der Waals surface area contributed by atoms with Crippen LogP contribution in [0.15, 0.2) is 24.3 Å². The second-order valence-electron chi connectivity index (χ2n) is 10.2. The molecule has 0 nitrogen and oxygen atoms in total. The van der Waals surface area contributed by atoms with Gasteiger partial charge in [0, 0.05) is 0 Å². The van der Waals surface area contributed by atoms with Crippen LogP contribution >= 0.6 is 47.0 Å². The van der Waals surface area contributed by atoms with Gasteiger partial charge >= 0.3 is 0 Å². The Morgan fingerprint density at radius 2 is 0.964 bits per heavy atom. The van der Waals surface area contributed by atoms with Crippen molar-refractivity contribution in [1.82, 2.24) is 0 Å². The summed E-state index contributed by atoms with van der Waals surface area (Å²) < 4.78 is 0.890. The fourth-order valence-corrected chi connectivity index (χ4v) is 19.3. The van der Waals surface area contributed by atoms with Gasteiger partial charge < -0.3 is 0 Å². The van der Waals surface area contributed by atoms with E-state index in [1.54, 1.807) is 11.1 Å². The highest BCUT2D eigenvalue weighted by molar-refractivity contribution is 8.21. The lowest BCUT2D eigenvalue weighted by atomic mass is 10.0. The quantitative estimate of drug-likeness (QED) is 0.378. The molecule has 2 saturated heterocycles. The van der Waals surface area contributed by atoms with E-state index in [2.05, 4.69) is 111 Å². The second-order valence-corrected chi connectivity index (χ2v) is 28.5. The second kappa shape index (κ2) is 9.27. The Bertz CT molecular complexity index is 594. The number of hydrogen-bond donors (Lipinski definition) is 0. The van der Waals surface area contributed by atoms with E-state index in [-0.39, 0.29) is 0 Å². The molecule has 1 aromatic carbocycles.